The van der Waals surface area contributed by atoms with Crippen LogP contribution in [-0.2, 0) is 17.1 Å². The second-order valence-electron chi connectivity index (χ2n) is 4.96. The zero-order valence-corrected chi connectivity index (χ0v) is 12.0. The molecule has 1 fully saturated rings. The summed E-state index contributed by atoms with van der Waals surface area (Å²) in [5, 5.41) is 4.06. The van der Waals surface area contributed by atoms with Crippen molar-refractivity contribution >= 4 is 21.6 Å². The standard InChI is InChI=1S/C11H18ClN3O2S/c1-15-10(4-7-13-15)18(16,17)14-9-11(8-12)5-2-3-6-11/h4,7,14H,2-3,5-6,8-9H2,1H3. The van der Waals surface area contributed by atoms with Crippen LogP contribution in [0.15, 0.2) is 17.3 Å². The summed E-state index contributed by atoms with van der Waals surface area (Å²) < 4.78 is 28.2. The van der Waals surface area contributed by atoms with E-state index >= 15 is 0 Å². The molecule has 0 saturated heterocycles. The molecule has 5 nitrogen and oxygen atoms in total. The molecule has 18 heavy (non-hydrogen) atoms. The molecule has 1 aromatic rings. The van der Waals surface area contributed by atoms with Gasteiger partial charge in [-0.2, -0.15) is 5.10 Å². The lowest BCUT2D eigenvalue weighted by molar-refractivity contribution is 0.342. The van der Waals surface area contributed by atoms with Crippen molar-refractivity contribution in [3.63, 3.8) is 0 Å². The molecule has 7 heteroatoms. The second-order valence-corrected chi connectivity index (χ2v) is 6.94. The number of alkyl halides is 1. The van der Waals surface area contributed by atoms with Crippen LogP contribution in [0.5, 0.6) is 0 Å². The fraction of sp³-hybridized carbons (Fsp3) is 0.727. The van der Waals surface area contributed by atoms with E-state index in [2.05, 4.69) is 9.82 Å². The predicted octanol–water partition coefficient (Wildman–Crippen LogP) is 1.50. The molecular weight excluding hydrogens is 274 g/mol. The Balaban J connectivity index is 2.08. The first-order chi connectivity index (χ1) is 8.49. The van der Waals surface area contributed by atoms with E-state index in [9.17, 15) is 8.42 Å². The average molecular weight is 292 g/mol. The number of aromatic nitrogens is 2. The van der Waals surface area contributed by atoms with Crippen molar-refractivity contribution in [3.8, 4) is 0 Å². The van der Waals surface area contributed by atoms with Crippen LogP contribution in [0.2, 0.25) is 0 Å². The molecule has 0 aliphatic heterocycles. The summed E-state index contributed by atoms with van der Waals surface area (Å²) in [6.45, 7) is 0.407. The monoisotopic (exact) mass is 291 g/mol. The van der Waals surface area contributed by atoms with Gasteiger partial charge in [0, 0.05) is 19.5 Å². The van der Waals surface area contributed by atoms with Crippen LogP contribution >= 0.6 is 11.6 Å². The molecule has 0 atom stereocenters. The van der Waals surface area contributed by atoms with Crippen LogP contribution < -0.4 is 4.72 Å². The highest BCUT2D eigenvalue weighted by Crippen LogP contribution is 2.38. The first-order valence-corrected chi connectivity index (χ1v) is 8.05. The van der Waals surface area contributed by atoms with E-state index in [4.69, 9.17) is 11.6 Å². The van der Waals surface area contributed by atoms with E-state index in [0.29, 0.717) is 12.4 Å². The van der Waals surface area contributed by atoms with Gasteiger partial charge in [0.2, 0.25) is 0 Å². The largest absolute Gasteiger partial charge is 0.257 e. The molecule has 1 aromatic heterocycles. The Bertz CT molecular complexity index is 506. The summed E-state index contributed by atoms with van der Waals surface area (Å²) in [5.74, 6) is 0.501. The van der Waals surface area contributed by atoms with E-state index in [1.165, 1.54) is 16.9 Å². The highest BCUT2D eigenvalue weighted by Gasteiger charge is 2.34. The molecule has 0 radical (unpaired) electrons. The van der Waals surface area contributed by atoms with E-state index in [-0.39, 0.29) is 10.4 Å². The Labute approximate surface area is 113 Å². The number of halogens is 1. The van der Waals surface area contributed by atoms with E-state index in [1.54, 1.807) is 7.05 Å². The Morgan fingerprint density at radius 1 is 1.50 bits per heavy atom. The fourth-order valence-corrected chi connectivity index (χ4v) is 4.07. The van der Waals surface area contributed by atoms with Gasteiger partial charge in [0.15, 0.2) is 5.03 Å². The Kier molecular flexibility index (Phi) is 3.99. The maximum absolute atomic E-state index is 12.1. The number of hydrogen-bond acceptors (Lipinski definition) is 3. The van der Waals surface area contributed by atoms with Gasteiger partial charge in [0.1, 0.15) is 0 Å². The summed E-state index contributed by atoms with van der Waals surface area (Å²) in [6, 6.07) is 1.49. The van der Waals surface area contributed by atoms with Gasteiger partial charge in [-0.3, -0.25) is 4.68 Å². The van der Waals surface area contributed by atoms with Crippen LogP contribution in [0, 0.1) is 5.41 Å². The van der Waals surface area contributed by atoms with Crippen molar-refractivity contribution in [2.24, 2.45) is 12.5 Å². The Hall–Kier alpha value is -0.590. The molecule has 0 amide bonds. The molecule has 0 bridgehead atoms. The highest BCUT2D eigenvalue weighted by atomic mass is 35.5. The molecule has 1 heterocycles. The van der Waals surface area contributed by atoms with Crippen LogP contribution in [0.25, 0.3) is 0 Å². The summed E-state index contributed by atoms with van der Waals surface area (Å²) in [5.41, 5.74) is -0.0762. The minimum absolute atomic E-state index is 0.0762. The van der Waals surface area contributed by atoms with Gasteiger partial charge in [-0.05, 0) is 24.3 Å². The van der Waals surface area contributed by atoms with Gasteiger partial charge in [-0.1, -0.05) is 12.8 Å². The maximum atomic E-state index is 12.1. The number of sulfonamides is 1. The molecule has 2 rings (SSSR count). The van der Waals surface area contributed by atoms with Crippen LogP contribution in [0.1, 0.15) is 25.7 Å². The normalized spacial score (nSPS) is 19.2. The molecule has 0 spiro atoms. The fourth-order valence-electron chi connectivity index (χ4n) is 2.43. The number of aryl methyl sites for hydroxylation is 1. The molecule has 1 N–H and O–H groups in total. The quantitative estimate of drug-likeness (QED) is 0.836. The van der Waals surface area contributed by atoms with Crippen molar-refractivity contribution in [1.29, 1.82) is 0 Å². The summed E-state index contributed by atoms with van der Waals surface area (Å²) in [6.07, 6.45) is 5.70. The number of nitrogens with one attached hydrogen (secondary N) is 1. The molecule has 1 aliphatic rings. The van der Waals surface area contributed by atoms with Gasteiger partial charge in [0.05, 0.1) is 6.20 Å². The third-order valence-corrected chi connectivity index (χ3v) is 5.68. The van der Waals surface area contributed by atoms with Crippen molar-refractivity contribution in [2.75, 3.05) is 12.4 Å². The molecular formula is C11H18ClN3O2S. The van der Waals surface area contributed by atoms with Gasteiger partial charge in [-0.25, -0.2) is 13.1 Å². The molecule has 0 unspecified atom stereocenters. The highest BCUT2D eigenvalue weighted by molar-refractivity contribution is 7.89. The summed E-state index contributed by atoms with van der Waals surface area (Å²) >= 11 is 6.00. The smallest absolute Gasteiger partial charge is 0.256 e. The lowest BCUT2D eigenvalue weighted by atomic mass is 9.89. The van der Waals surface area contributed by atoms with E-state index in [0.717, 1.165) is 25.7 Å². The first-order valence-electron chi connectivity index (χ1n) is 6.03. The van der Waals surface area contributed by atoms with Gasteiger partial charge in [0.25, 0.3) is 10.0 Å². The number of hydrogen-bond donors (Lipinski definition) is 1. The van der Waals surface area contributed by atoms with Crippen LogP contribution in [-0.4, -0.2) is 30.6 Å². The lowest BCUT2D eigenvalue weighted by Crippen LogP contribution is -2.37. The molecule has 1 saturated carbocycles. The minimum atomic E-state index is -3.49. The SMILES string of the molecule is Cn1nccc1S(=O)(=O)NCC1(CCl)CCCC1. The molecule has 1 aliphatic carbocycles. The van der Waals surface area contributed by atoms with Crippen molar-refractivity contribution < 1.29 is 8.42 Å². The topological polar surface area (TPSA) is 64.0 Å². The van der Waals surface area contributed by atoms with Gasteiger partial charge < -0.3 is 0 Å². The zero-order valence-electron chi connectivity index (χ0n) is 10.4. The second kappa shape index (κ2) is 5.19. The number of nitrogens with zero attached hydrogens (tertiary/aromatic N) is 2. The van der Waals surface area contributed by atoms with Crippen molar-refractivity contribution in [1.82, 2.24) is 14.5 Å². The Morgan fingerprint density at radius 3 is 2.67 bits per heavy atom. The average Bonchev–Trinajstić information content (AvgIpc) is 2.96. The Morgan fingerprint density at radius 2 is 2.17 bits per heavy atom. The summed E-state index contributed by atoms with van der Waals surface area (Å²) in [4.78, 5) is 0. The maximum Gasteiger partial charge on any atom is 0.257 e. The van der Waals surface area contributed by atoms with Crippen LogP contribution in [0.4, 0.5) is 0 Å². The molecule has 0 aromatic carbocycles. The third kappa shape index (κ3) is 2.70. The summed E-state index contributed by atoms with van der Waals surface area (Å²) in [7, 11) is -1.88. The van der Waals surface area contributed by atoms with Gasteiger partial charge >= 0.3 is 0 Å². The third-order valence-electron chi connectivity index (χ3n) is 3.64. The minimum Gasteiger partial charge on any atom is -0.256 e. The number of rotatable bonds is 5. The van der Waals surface area contributed by atoms with Crippen LogP contribution in [0.3, 0.4) is 0 Å². The first kappa shape index (κ1) is 13.8. The van der Waals surface area contributed by atoms with E-state index < -0.39 is 10.0 Å². The lowest BCUT2D eigenvalue weighted by Gasteiger charge is -2.26. The van der Waals surface area contributed by atoms with E-state index in [1.807, 2.05) is 0 Å². The van der Waals surface area contributed by atoms with Gasteiger partial charge in [-0.15, -0.1) is 11.6 Å². The zero-order chi connectivity index (χ0) is 13.2. The van der Waals surface area contributed by atoms with Crippen molar-refractivity contribution in [2.45, 2.75) is 30.7 Å². The molecule has 102 valence electrons. The van der Waals surface area contributed by atoms with Crippen molar-refractivity contribution in [3.05, 3.63) is 12.3 Å². The predicted molar refractivity (Wildman–Crippen MR) is 70.0 cm³/mol.